The second kappa shape index (κ2) is 3.42. The van der Waals surface area contributed by atoms with Gasteiger partial charge in [0.2, 0.25) is 0 Å². The lowest BCUT2D eigenvalue weighted by atomic mass is 9.81. The van der Waals surface area contributed by atoms with E-state index in [0.717, 1.165) is 24.3 Å². The molecule has 1 aromatic heterocycles. The number of H-pyrrole nitrogens is 1. The van der Waals surface area contributed by atoms with Crippen molar-refractivity contribution >= 4 is 23.3 Å². The molecule has 84 valence electrons. The molecule has 1 saturated carbocycles. The van der Waals surface area contributed by atoms with Crippen LogP contribution in [0.2, 0.25) is 0 Å². The Balaban J connectivity index is 2.21. The topological polar surface area (TPSA) is 20.7 Å². The summed E-state index contributed by atoms with van der Waals surface area (Å²) < 4.78 is 16.3. The molecule has 0 amide bonds. The number of hydrogen-bond acceptors (Lipinski definition) is 1. The summed E-state index contributed by atoms with van der Waals surface area (Å²) in [5, 5.41) is 0. The number of nitrogens with one attached hydrogen (secondary N) is 1. The summed E-state index contributed by atoms with van der Waals surface area (Å²) in [5.74, 6) is 0.528. The Morgan fingerprint density at radius 1 is 1.44 bits per heavy atom. The van der Waals surface area contributed by atoms with Crippen LogP contribution in [0.15, 0.2) is 18.2 Å². The zero-order valence-corrected chi connectivity index (χ0v) is 9.85. The molecule has 1 aliphatic carbocycles. The lowest BCUT2D eigenvalue weighted by Gasteiger charge is -2.34. The maximum atomic E-state index is 13.6. The highest BCUT2D eigenvalue weighted by Crippen LogP contribution is 2.39. The summed E-state index contributed by atoms with van der Waals surface area (Å²) in [6.07, 6.45) is 2.27. The van der Waals surface area contributed by atoms with Crippen molar-refractivity contribution in [3.8, 4) is 0 Å². The normalized spacial score (nSPS) is 24.6. The van der Waals surface area contributed by atoms with Crippen LogP contribution in [0.25, 0.3) is 11.0 Å². The number of aromatic amines is 1. The van der Waals surface area contributed by atoms with Gasteiger partial charge in [0, 0.05) is 6.04 Å². The number of halogens is 1. The van der Waals surface area contributed by atoms with Crippen LogP contribution in [0.4, 0.5) is 4.39 Å². The SMILES string of the molecule is CC1CC(n2c(=S)[nH]c3c(F)cccc32)C1. The molecule has 0 atom stereocenters. The number of benzene rings is 1. The van der Waals surface area contributed by atoms with Gasteiger partial charge in [-0.25, -0.2) is 4.39 Å². The van der Waals surface area contributed by atoms with E-state index in [1.807, 2.05) is 6.07 Å². The van der Waals surface area contributed by atoms with E-state index in [2.05, 4.69) is 16.5 Å². The first-order valence-corrected chi connectivity index (χ1v) is 5.96. The molecule has 16 heavy (non-hydrogen) atoms. The molecule has 0 spiro atoms. The fraction of sp³-hybridized carbons (Fsp3) is 0.417. The lowest BCUT2D eigenvalue weighted by Crippen LogP contribution is -2.24. The number of nitrogens with zero attached hydrogens (tertiary/aromatic N) is 1. The van der Waals surface area contributed by atoms with Crippen molar-refractivity contribution in [2.75, 3.05) is 0 Å². The van der Waals surface area contributed by atoms with Gasteiger partial charge in [0.15, 0.2) is 4.77 Å². The Labute approximate surface area is 98.1 Å². The first kappa shape index (κ1) is 10.0. The maximum Gasteiger partial charge on any atom is 0.178 e. The van der Waals surface area contributed by atoms with Gasteiger partial charge in [-0.1, -0.05) is 13.0 Å². The third-order valence-corrected chi connectivity index (χ3v) is 3.71. The van der Waals surface area contributed by atoms with E-state index in [9.17, 15) is 4.39 Å². The van der Waals surface area contributed by atoms with Crippen molar-refractivity contribution in [3.05, 3.63) is 28.8 Å². The molecule has 1 heterocycles. The number of aromatic nitrogens is 2. The number of rotatable bonds is 1. The molecule has 2 aromatic rings. The molecule has 0 unspecified atom stereocenters. The number of imidazole rings is 1. The Hall–Kier alpha value is -1.16. The predicted octanol–water partition coefficient (Wildman–Crippen LogP) is 3.81. The van der Waals surface area contributed by atoms with E-state index in [-0.39, 0.29) is 5.82 Å². The van der Waals surface area contributed by atoms with Crippen LogP contribution in [0, 0.1) is 16.5 Å². The Morgan fingerprint density at radius 2 is 2.19 bits per heavy atom. The van der Waals surface area contributed by atoms with Crippen LogP contribution in [0.3, 0.4) is 0 Å². The van der Waals surface area contributed by atoms with Crippen LogP contribution >= 0.6 is 12.2 Å². The van der Waals surface area contributed by atoms with Gasteiger partial charge >= 0.3 is 0 Å². The van der Waals surface area contributed by atoms with Crippen molar-refractivity contribution in [1.29, 1.82) is 0 Å². The predicted molar refractivity (Wildman–Crippen MR) is 64.5 cm³/mol. The molecule has 1 fully saturated rings. The van der Waals surface area contributed by atoms with Crippen LogP contribution in [0.1, 0.15) is 25.8 Å². The maximum absolute atomic E-state index is 13.6. The fourth-order valence-electron chi connectivity index (χ4n) is 2.55. The van der Waals surface area contributed by atoms with Crippen LogP contribution in [-0.2, 0) is 0 Å². The molecule has 4 heteroatoms. The number of fused-ring (bicyclic) bond motifs is 1. The highest BCUT2D eigenvalue weighted by Gasteiger charge is 2.28. The molecule has 0 aliphatic heterocycles. The van der Waals surface area contributed by atoms with Gasteiger partial charge in [-0.05, 0) is 43.1 Å². The molecule has 0 bridgehead atoms. The van der Waals surface area contributed by atoms with Crippen LogP contribution in [-0.4, -0.2) is 9.55 Å². The molecule has 0 saturated heterocycles. The van der Waals surface area contributed by atoms with Crippen molar-refractivity contribution in [2.45, 2.75) is 25.8 Å². The largest absolute Gasteiger partial charge is 0.328 e. The Kier molecular flexibility index (Phi) is 2.14. The Bertz CT molecular complexity index is 593. The average Bonchev–Trinajstić information content (AvgIpc) is 2.52. The Morgan fingerprint density at radius 3 is 2.88 bits per heavy atom. The van der Waals surface area contributed by atoms with Gasteiger partial charge in [0.05, 0.1) is 5.52 Å². The first-order valence-electron chi connectivity index (χ1n) is 5.55. The van der Waals surface area contributed by atoms with E-state index >= 15 is 0 Å². The zero-order valence-electron chi connectivity index (χ0n) is 9.03. The second-order valence-corrected chi connectivity index (χ2v) is 5.05. The molecular weight excluding hydrogens is 223 g/mol. The van der Waals surface area contributed by atoms with Gasteiger partial charge in [-0.3, -0.25) is 0 Å². The first-order chi connectivity index (χ1) is 7.66. The quantitative estimate of drug-likeness (QED) is 0.747. The van der Waals surface area contributed by atoms with E-state index in [0.29, 0.717) is 16.3 Å². The molecule has 2 nitrogen and oxygen atoms in total. The molecule has 0 radical (unpaired) electrons. The summed E-state index contributed by atoms with van der Waals surface area (Å²) in [4.78, 5) is 2.96. The van der Waals surface area contributed by atoms with E-state index < -0.39 is 0 Å². The van der Waals surface area contributed by atoms with E-state index in [1.165, 1.54) is 6.07 Å². The van der Waals surface area contributed by atoms with Crippen molar-refractivity contribution in [2.24, 2.45) is 5.92 Å². The van der Waals surface area contributed by atoms with Gasteiger partial charge < -0.3 is 9.55 Å². The zero-order chi connectivity index (χ0) is 11.3. The monoisotopic (exact) mass is 236 g/mol. The smallest absolute Gasteiger partial charge is 0.178 e. The summed E-state index contributed by atoms with van der Waals surface area (Å²) in [6, 6.07) is 5.56. The van der Waals surface area contributed by atoms with E-state index in [4.69, 9.17) is 12.2 Å². The number of para-hydroxylation sites is 1. The van der Waals surface area contributed by atoms with Crippen molar-refractivity contribution < 1.29 is 4.39 Å². The second-order valence-electron chi connectivity index (χ2n) is 4.66. The van der Waals surface area contributed by atoms with Gasteiger partial charge in [-0.15, -0.1) is 0 Å². The summed E-state index contributed by atoms with van der Waals surface area (Å²) in [7, 11) is 0. The van der Waals surface area contributed by atoms with Gasteiger partial charge in [-0.2, -0.15) is 0 Å². The van der Waals surface area contributed by atoms with Crippen LogP contribution in [0.5, 0.6) is 0 Å². The fourth-order valence-corrected chi connectivity index (χ4v) is 2.90. The van der Waals surface area contributed by atoms with Crippen molar-refractivity contribution in [3.63, 3.8) is 0 Å². The standard InChI is InChI=1S/C12H13FN2S/c1-7-5-8(6-7)15-10-4-2-3-9(13)11(10)14-12(15)16/h2-4,7-8H,5-6H2,1H3,(H,14,16). The van der Waals surface area contributed by atoms with Crippen LogP contribution < -0.4 is 0 Å². The number of hydrogen-bond donors (Lipinski definition) is 1. The minimum Gasteiger partial charge on any atom is -0.328 e. The minimum atomic E-state index is -0.227. The summed E-state index contributed by atoms with van der Waals surface area (Å²) in [6.45, 7) is 2.23. The lowest BCUT2D eigenvalue weighted by molar-refractivity contribution is 0.219. The third kappa shape index (κ3) is 1.33. The third-order valence-electron chi connectivity index (χ3n) is 3.42. The van der Waals surface area contributed by atoms with Gasteiger partial charge in [0.1, 0.15) is 11.3 Å². The molecular formula is C12H13FN2S. The molecule has 3 rings (SSSR count). The van der Waals surface area contributed by atoms with Crippen molar-refractivity contribution in [1.82, 2.24) is 9.55 Å². The summed E-state index contributed by atoms with van der Waals surface area (Å²) in [5.41, 5.74) is 1.42. The summed E-state index contributed by atoms with van der Waals surface area (Å²) >= 11 is 5.27. The highest BCUT2D eigenvalue weighted by molar-refractivity contribution is 7.71. The molecule has 1 N–H and O–H groups in total. The molecule has 1 aliphatic rings. The average molecular weight is 236 g/mol. The minimum absolute atomic E-state index is 0.227. The highest BCUT2D eigenvalue weighted by atomic mass is 32.1. The van der Waals surface area contributed by atoms with E-state index in [1.54, 1.807) is 6.07 Å². The van der Waals surface area contributed by atoms with Gasteiger partial charge in [0.25, 0.3) is 0 Å². The molecule has 1 aromatic carbocycles.